The fraction of sp³-hybridized carbons (Fsp3) is 0.188. The van der Waals surface area contributed by atoms with E-state index in [1.54, 1.807) is 19.2 Å². The number of phenolic OH excluding ortho intramolecular Hbond substituents is 1. The molecule has 0 saturated heterocycles. The van der Waals surface area contributed by atoms with Crippen LogP contribution in [0.15, 0.2) is 48.5 Å². The maximum absolute atomic E-state index is 11.4. The van der Waals surface area contributed by atoms with Gasteiger partial charge in [-0.25, -0.2) is 0 Å². The van der Waals surface area contributed by atoms with Crippen LogP contribution in [-0.2, 0) is 11.3 Å². The van der Waals surface area contributed by atoms with E-state index in [2.05, 4.69) is 5.32 Å². The van der Waals surface area contributed by atoms with Gasteiger partial charge in [0.15, 0.2) is 0 Å². The highest BCUT2D eigenvalue weighted by Gasteiger charge is 2.18. The molecule has 0 saturated carbocycles. The number of rotatable bonds is 6. The fourth-order valence-corrected chi connectivity index (χ4v) is 1.98. The van der Waals surface area contributed by atoms with Crippen LogP contribution in [0.5, 0.6) is 11.5 Å². The van der Waals surface area contributed by atoms with Gasteiger partial charge < -0.3 is 14.9 Å². The number of phenols is 1. The summed E-state index contributed by atoms with van der Waals surface area (Å²) in [5.74, 6) is -0.0979. The van der Waals surface area contributed by atoms with E-state index >= 15 is 0 Å². The molecule has 2 aromatic carbocycles. The summed E-state index contributed by atoms with van der Waals surface area (Å²) in [7, 11) is 1.60. The maximum atomic E-state index is 11.4. The number of methoxy groups -OCH3 is 1. The first-order chi connectivity index (χ1) is 10.1. The lowest BCUT2D eigenvalue weighted by molar-refractivity contribution is -0.139. The average molecular weight is 287 g/mol. The van der Waals surface area contributed by atoms with Crippen molar-refractivity contribution >= 4 is 5.97 Å². The molecular weight excluding hydrogens is 270 g/mol. The Bertz CT molecular complexity index is 593. The van der Waals surface area contributed by atoms with Crippen molar-refractivity contribution in [1.82, 2.24) is 5.32 Å². The van der Waals surface area contributed by atoms with Gasteiger partial charge in [-0.1, -0.05) is 24.3 Å². The smallest absolute Gasteiger partial charge is 0.325 e. The summed E-state index contributed by atoms with van der Waals surface area (Å²) in [5.41, 5.74) is 1.55. The molecule has 5 nitrogen and oxygen atoms in total. The molecule has 0 amide bonds. The van der Waals surface area contributed by atoms with E-state index in [4.69, 9.17) is 4.74 Å². The van der Waals surface area contributed by atoms with Crippen molar-refractivity contribution in [1.29, 1.82) is 0 Å². The zero-order valence-electron chi connectivity index (χ0n) is 11.6. The Labute approximate surface area is 122 Å². The molecule has 0 aromatic heterocycles. The van der Waals surface area contributed by atoms with Crippen molar-refractivity contribution in [3.63, 3.8) is 0 Å². The molecule has 2 rings (SSSR count). The fourth-order valence-electron chi connectivity index (χ4n) is 1.98. The highest BCUT2D eigenvalue weighted by Crippen LogP contribution is 2.18. The van der Waals surface area contributed by atoms with Gasteiger partial charge in [0.05, 0.1) is 7.11 Å². The van der Waals surface area contributed by atoms with Crippen LogP contribution in [0.4, 0.5) is 0 Å². The van der Waals surface area contributed by atoms with E-state index < -0.39 is 12.0 Å². The van der Waals surface area contributed by atoms with Crippen molar-refractivity contribution < 1.29 is 19.7 Å². The highest BCUT2D eigenvalue weighted by molar-refractivity contribution is 5.75. The number of aromatic hydroxyl groups is 1. The van der Waals surface area contributed by atoms with Crippen molar-refractivity contribution in [3.05, 3.63) is 59.7 Å². The summed E-state index contributed by atoms with van der Waals surface area (Å²) in [4.78, 5) is 11.4. The molecule has 1 atom stereocenters. The summed E-state index contributed by atoms with van der Waals surface area (Å²) in [5, 5.41) is 21.6. The Kier molecular flexibility index (Phi) is 4.79. The van der Waals surface area contributed by atoms with Gasteiger partial charge in [-0.3, -0.25) is 10.1 Å². The second kappa shape index (κ2) is 6.76. The first kappa shape index (κ1) is 14.9. The molecule has 1 unspecified atom stereocenters. The molecule has 0 fully saturated rings. The first-order valence-corrected chi connectivity index (χ1v) is 6.48. The van der Waals surface area contributed by atoms with Gasteiger partial charge in [0.25, 0.3) is 0 Å². The Hall–Kier alpha value is -2.53. The van der Waals surface area contributed by atoms with Crippen LogP contribution in [0.25, 0.3) is 0 Å². The Balaban J connectivity index is 2.06. The highest BCUT2D eigenvalue weighted by atomic mass is 16.5. The number of nitrogens with one attached hydrogen (secondary N) is 1. The Morgan fingerprint density at radius 3 is 2.29 bits per heavy atom. The summed E-state index contributed by atoms with van der Waals surface area (Å²) >= 11 is 0. The van der Waals surface area contributed by atoms with Crippen LogP contribution >= 0.6 is 0 Å². The lowest BCUT2D eigenvalue weighted by Gasteiger charge is -2.15. The molecule has 0 aliphatic rings. The molecule has 5 heteroatoms. The van der Waals surface area contributed by atoms with E-state index in [9.17, 15) is 15.0 Å². The number of hydrogen-bond acceptors (Lipinski definition) is 4. The minimum Gasteiger partial charge on any atom is -0.508 e. The number of hydrogen-bond donors (Lipinski definition) is 3. The standard InChI is InChI=1S/C16H17NO4/c1-21-14-8-2-11(3-9-14)10-17-15(16(19)20)12-4-6-13(18)7-5-12/h2-9,15,17-18H,10H2,1H3,(H,19,20). The third-order valence-electron chi connectivity index (χ3n) is 3.14. The van der Waals surface area contributed by atoms with E-state index in [1.807, 2.05) is 24.3 Å². The molecule has 0 aliphatic heterocycles. The van der Waals surface area contributed by atoms with Gasteiger partial charge in [-0.15, -0.1) is 0 Å². The molecule has 110 valence electrons. The minimum absolute atomic E-state index is 0.109. The predicted octanol–water partition coefficient (Wildman–Crippen LogP) is 2.32. The number of carbonyl (C=O) groups is 1. The van der Waals surface area contributed by atoms with Gasteiger partial charge >= 0.3 is 5.97 Å². The van der Waals surface area contributed by atoms with Crippen LogP contribution in [0, 0.1) is 0 Å². The quantitative estimate of drug-likeness (QED) is 0.760. The normalized spacial score (nSPS) is 11.9. The molecule has 0 bridgehead atoms. The molecule has 0 heterocycles. The SMILES string of the molecule is COc1ccc(CNC(C(=O)O)c2ccc(O)cc2)cc1. The van der Waals surface area contributed by atoms with Crippen LogP contribution in [0.1, 0.15) is 17.2 Å². The van der Waals surface area contributed by atoms with Crippen molar-refractivity contribution in [3.8, 4) is 11.5 Å². The van der Waals surface area contributed by atoms with Crippen molar-refractivity contribution in [2.45, 2.75) is 12.6 Å². The number of aliphatic carboxylic acids is 1. The topological polar surface area (TPSA) is 78.8 Å². The van der Waals surface area contributed by atoms with E-state index in [-0.39, 0.29) is 5.75 Å². The largest absolute Gasteiger partial charge is 0.508 e. The van der Waals surface area contributed by atoms with E-state index in [0.717, 1.165) is 11.3 Å². The van der Waals surface area contributed by atoms with Crippen molar-refractivity contribution in [2.75, 3.05) is 7.11 Å². The first-order valence-electron chi connectivity index (χ1n) is 6.48. The number of carboxylic acids is 1. The second-order valence-electron chi connectivity index (χ2n) is 4.59. The predicted molar refractivity (Wildman–Crippen MR) is 78.3 cm³/mol. The number of ether oxygens (including phenoxy) is 1. The van der Waals surface area contributed by atoms with Crippen LogP contribution in [0.2, 0.25) is 0 Å². The van der Waals surface area contributed by atoms with Gasteiger partial charge in [-0.05, 0) is 35.4 Å². The van der Waals surface area contributed by atoms with E-state index in [1.165, 1.54) is 12.1 Å². The third kappa shape index (κ3) is 3.97. The molecule has 0 aliphatic carbocycles. The number of benzene rings is 2. The summed E-state index contributed by atoms with van der Waals surface area (Å²) < 4.78 is 5.08. The zero-order valence-corrected chi connectivity index (χ0v) is 11.6. The van der Waals surface area contributed by atoms with Crippen LogP contribution in [-0.4, -0.2) is 23.3 Å². The van der Waals surface area contributed by atoms with E-state index in [0.29, 0.717) is 12.1 Å². The van der Waals surface area contributed by atoms with Crippen LogP contribution in [0.3, 0.4) is 0 Å². The maximum Gasteiger partial charge on any atom is 0.325 e. The summed E-state index contributed by atoms with van der Waals surface area (Å²) in [6.45, 7) is 0.418. The monoisotopic (exact) mass is 287 g/mol. The number of carboxylic acid groups (broad SMARTS) is 1. The van der Waals surface area contributed by atoms with Gasteiger partial charge in [0.2, 0.25) is 0 Å². The summed E-state index contributed by atoms with van der Waals surface area (Å²) in [6, 6.07) is 12.7. The average Bonchev–Trinajstić information content (AvgIpc) is 2.49. The Morgan fingerprint density at radius 2 is 1.76 bits per heavy atom. The third-order valence-corrected chi connectivity index (χ3v) is 3.14. The molecular formula is C16H17NO4. The minimum atomic E-state index is -0.964. The molecule has 21 heavy (non-hydrogen) atoms. The molecule has 2 aromatic rings. The lowest BCUT2D eigenvalue weighted by Crippen LogP contribution is -2.28. The lowest BCUT2D eigenvalue weighted by atomic mass is 10.1. The van der Waals surface area contributed by atoms with Gasteiger partial charge in [-0.2, -0.15) is 0 Å². The Morgan fingerprint density at radius 1 is 1.14 bits per heavy atom. The molecule has 3 N–H and O–H groups in total. The van der Waals surface area contributed by atoms with Gasteiger partial charge in [0.1, 0.15) is 17.5 Å². The van der Waals surface area contributed by atoms with Crippen LogP contribution < -0.4 is 10.1 Å². The molecule has 0 spiro atoms. The summed E-state index contributed by atoms with van der Waals surface area (Å²) in [6.07, 6.45) is 0. The second-order valence-corrected chi connectivity index (χ2v) is 4.59. The van der Waals surface area contributed by atoms with Gasteiger partial charge in [0, 0.05) is 6.54 Å². The molecule has 0 radical (unpaired) electrons. The zero-order chi connectivity index (χ0) is 15.2. The van der Waals surface area contributed by atoms with Crippen molar-refractivity contribution in [2.24, 2.45) is 0 Å².